The van der Waals surface area contributed by atoms with Crippen molar-refractivity contribution in [3.05, 3.63) is 53.9 Å². The van der Waals surface area contributed by atoms with Gasteiger partial charge in [-0.15, -0.1) is 0 Å². The van der Waals surface area contributed by atoms with Crippen molar-refractivity contribution < 1.29 is 13.9 Å². The Hall–Kier alpha value is -3.49. The van der Waals surface area contributed by atoms with Crippen molar-refractivity contribution in [1.29, 1.82) is 0 Å². The molecule has 1 aromatic carbocycles. The van der Waals surface area contributed by atoms with E-state index in [0.29, 0.717) is 25.8 Å². The number of benzene rings is 1. The molecule has 144 valence electrons. The van der Waals surface area contributed by atoms with E-state index < -0.39 is 5.82 Å². The Morgan fingerprint density at radius 2 is 2.07 bits per heavy atom. The molecule has 0 radical (unpaired) electrons. The average Bonchev–Trinajstić information content (AvgIpc) is 3.28. The first kappa shape index (κ1) is 17.9. The number of hydrogen-bond acceptors (Lipinski definition) is 6. The first-order valence-corrected chi connectivity index (χ1v) is 8.80. The lowest BCUT2D eigenvalue weighted by atomic mass is 10.1. The van der Waals surface area contributed by atoms with Gasteiger partial charge in [-0.3, -0.25) is 9.58 Å². The summed E-state index contributed by atoms with van der Waals surface area (Å²) in [4.78, 5) is 21.3. The third-order valence-electron chi connectivity index (χ3n) is 4.38. The molecule has 0 aliphatic carbocycles. The molecule has 2 aromatic heterocycles. The van der Waals surface area contributed by atoms with Crippen LogP contribution in [0.4, 0.5) is 20.8 Å². The van der Waals surface area contributed by atoms with Crippen LogP contribution in [0.25, 0.3) is 11.1 Å². The molecule has 9 heteroatoms. The summed E-state index contributed by atoms with van der Waals surface area (Å²) in [5.74, 6) is -0.108. The number of hydrogen-bond donors (Lipinski definition) is 1. The van der Waals surface area contributed by atoms with Gasteiger partial charge in [0, 0.05) is 17.4 Å². The minimum atomic E-state index is -0.440. The first-order valence-electron chi connectivity index (χ1n) is 8.80. The van der Waals surface area contributed by atoms with E-state index >= 15 is 0 Å². The molecule has 1 aliphatic rings. The molecule has 0 atom stereocenters. The quantitative estimate of drug-likeness (QED) is 0.729. The molecule has 4 rings (SSSR count). The molecule has 3 aromatic rings. The molecule has 1 fully saturated rings. The molecule has 28 heavy (non-hydrogen) atoms. The van der Waals surface area contributed by atoms with Gasteiger partial charge in [0.2, 0.25) is 5.95 Å². The summed E-state index contributed by atoms with van der Waals surface area (Å²) in [5.41, 5.74) is 3.98. The summed E-state index contributed by atoms with van der Waals surface area (Å²) in [6.07, 6.45) is 4.45. The molecule has 0 spiro atoms. The van der Waals surface area contributed by atoms with Gasteiger partial charge >= 0.3 is 6.09 Å². The summed E-state index contributed by atoms with van der Waals surface area (Å²) in [5, 5.41) is 7.44. The number of nitrogens with one attached hydrogen (secondary N) is 1. The van der Waals surface area contributed by atoms with Crippen LogP contribution < -0.4 is 5.32 Å². The highest BCUT2D eigenvalue weighted by Gasteiger charge is 2.22. The van der Waals surface area contributed by atoms with E-state index in [0.717, 1.165) is 28.6 Å². The van der Waals surface area contributed by atoms with Gasteiger partial charge in [-0.1, -0.05) is 6.07 Å². The Kier molecular flexibility index (Phi) is 4.64. The highest BCUT2D eigenvalue weighted by atomic mass is 19.1. The monoisotopic (exact) mass is 382 g/mol. The second kappa shape index (κ2) is 7.26. The largest absolute Gasteiger partial charge is 0.447 e. The Morgan fingerprint density at radius 3 is 2.82 bits per heavy atom. The van der Waals surface area contributed by atoms with E-state index in [9.17, 15) is 9.18 Å². The predicted molar refractivity (Wildman–Crippen MR) is 100 cm³/mol. The smallest absolute Gasteiger partial charge is 0.411 e. The maximum Gasteiger partial charge on any atom is 0.411 e. The second-order valence-electron chi connectivity index (χ2n) is 6.63. The van der Waals surface area contributed by atoms with Gasteiger partial charge in [0.1, 0.15) is 13.3 Å². The first-order chi connectivity index (χ1) is 13.5. The number of cyclic esters (lactones) is 1. The molecule has 1 N–H and O–H groups in total. The lowest BCUT2D eigenvalue weighted by molar-refractivity contribution is 0.150. The zero-order valence-corrected chi connectivity index (χ0v) is 15.5. The van der Waals surface area contributed by atoms with E-state index in [1.807, 2.05) is 31.3 Å². The van der Waals surface area contributed by atoms with Crippen LogP contribution in [0.1, 0.15) is 11.3 Å². The minimum Gasteiger partial charge on any atom is -0.447 e. The van der Waals surface area contributed by atoms with Crippen molar-refractivity contribution in [2.24, 2.45) is 0 Å². The van der Waals surface area contributed by atoms with Crippen LogP contribution in [-0.2, 0) is 11.4 Å². The lowest BCUT2D eigenvalue weighted by Gasteiger charge is -2.12. The van der Waals surface area contributed by atoms with Gasteiger partial charge in [0.05, 0.1) is 24.6 Å². The molecule has 1 saturated heterocycles. The van der Waals surface area contributed by atoms with Crippen molar-refractivity contribution >= 4 is 17.7 Å². The van der Waals surface area contributed by atoms with Gasteiger partial charge in [-0.25, -0.2) is 19.2 Å². The third kappa shape index (κ3) is 3.78. The van der Waals surface area contributed by atoms with Crippen LogP contribution in [0.5, 0.6) is 0 Å². The molecular formula is C19H19FN6O2. The van der Waals surface area contributed by atoms with E-state index in [1.165, 1.54) is 0 Å². The zero-order valence-electron chi connectivity index (χ0n) is 15.5. The minimum absolute atomic E-state index is 0.284. The van der Waals surface area contributed by atoms with Crippen molar-refractivity contribution in [1.82, 2.24) is 24.6 Å². The fourth-order valence-electron chi connectivity index (χ4n) is 2.98. The summed E-state index contributed by atoms with van der Waals surface area (Å²) in [6.45, 7) is 4.89. The zero-order chi connectivity index (χ0) is 19.7. The molecule has 1 amide bonds. The number of amides is 1. The number of aryl methyl sites for hydroxylation is 2. The second-order valence-corrected chi connectivity index (χ2v) is 6.63. The Morgan fingerprint density at radius 1 is 1.21 bits per heavy atom. The predicted octanol–water partition coefficient (Wildman–Crippen LogP) is 3.25. The standard InChI is InChI=1S/C19H19FN6O2/c1-12-5-14(7-16(6-12)24-18-21-9-17(20)13(2)23-18)15-8-22-26(10-15)11-25-3-4-28-19(25)27/h5-10H,3-4,11H2,1-2H3,(H,21,23,24). The summed E-state index contributed by atoms with van der Waals surface area (Å²) >= 11 is 0. The Balaban J connectivity index is 1.55. The number of carbonyl (C=O) groups excluding carboxylic acids is 1. The number of anilines is 2. The summed E-state index contributed by atoms with van der Waals surface area (Å²) in [6, 6.07) is 5.93. The number of carbonyl (C=O) groups is 1. The van der Waals surface area contributed by atoms with Gasteiger partial charge in [-0.2, -0.15) is 5.10 Å². The molecule has 8 nitrogen and oxygen atoms in total. The SMILES string of the molecule is Cc1cc(Nc2ncc(F)c(C)n2)cc(-c2cnn(CN3CCOC3=O)c2)c1. The van der Waals surface area contributed by atoms with Crippen molar-refractivity contribution in [2.45, 2.75) is 20.5 Å². The number of aromatic nitrogens is 4. The van der Waals surface area contributed by atoms with Crippen molar-refractivity contribution in [3.63, 3.8) is 0 Å². The van der Waals surface area contributed by atoms with Crippen LogP contribution in [0.2, 0.25) is 0 Å². The fraction of sp³-hybridized carbons (Fsp3) is 0.263. The van der Waals surface area contributed by atoms with Crippen LogP contribution in [0.15, 0.2) is 36.8 Å². The van der Waals surface area contributed by atoms with Gasteiger partial charge in [0.25, 0.3) is 0 Å². The number of nitrogens with zero attached hydrogens (tertiary/aromatic N) is 5. The highest BCUT2D eigenvalue weighted by molar-refractivity contribution is 5.70. The maximum atomic E-state index is 13.4. The Labute approximate surface area is 161 Å². The summed E-state index contributed by atoms with van der Waals surface area (Å²) < 4.78 is 20.0. The molecule has 0 bridgehead atoms. The lowest BCUT2D eigenvalue weighted by Crippen LogP contribution is -2.27. The number of ether oxygens (including phenoxy) is 1. The van der Waals surface area contributed by atoms with E-state index in [1.54, 1.807) is 22.7 Å². The van der Waals surface area contributed by atoms with Crippen LogP contribution in [0, 0.1) is 19.7 Å². The van der Waals surface area contributed by atoms with Crippen LogP contribution in [-0.4, -0.2) is 43.9 Å². The highest BCUT2D eigenvalue weighted by Crippen LogP contribution is 2.26. The van der Waals surface area contributed by atoms with Crippen LogP contribution >= 0.6 is 0 Å². The molecule has 3 heterocycles. The Bertz CT molecular complexity index is 1040. The normalized spacial score (nSPS) is 13.7. The van der Waals surface area contributed by atoms with Gasteiger partial charge < -0.3 is 10.1 Å². The van der Waals surface area contributed by atoms with E-state index in [2.05, 4.69) is 20.4 Å². The number of rotatable bonds is 5. The number of halogens is 1. The van der Waals surface area contributed by atoms with Crippen molar-refractivity contribution in [2.75, 3.05) is 18.5 Å². The van der Waals surface area contributed by atoms with E-state index in [4.69, 9.17) is 4.74 Å². The molecule has 0 unspecified atom stereocenters. The average molecular weight is 382 g/mol. The van der Waals surface area contributed by atoms with Gasteiger partial charge in [-0.05, 0) is 37.1 Å². The van der Waals surface area contributed by atoms with Crippen molar-refractivity contribution in [3.8, 4) is 11.1 Å². The summed E-state index contributed by atoms with van der Waals surface area (Å²) in [7, 11) is 0. The fourth-order valence-corrected chi connectivity index (χ4v) is 2.98. The molecule has 0 saturated carbocycles. The molecular weight excluding hydrogens is 363 g/mol. The third-order valence-corrected chi connectivity index (χ3v) is 4.38. The van der Waals surface area contributed by atoms with E-state index in [-0.39, 0.29) is 11.8 Å². The molecule has 1 aliphatic heterocycles. The van der Waals surface area contributed by atoms with Crippen LogP contribution in [0.3, 0.4) is 0 Å². The topological polar surface area (TPSA) is 85.2 Å². The maximum absolute atomic E-state index is 13.4. The van der Waals surface area contributed by atoms with Gasteiger partial charge in [0.15, 0.2) is 5.82 Å².